The van der Waals surface area contributed by atoms with Crippen LogP contribution in [0.1, 0.15) is 6.42 Å². The number of fused-ring (bicyclic) bond motifs is 1. The lowest BCUT2D eigenvalue weighted by atomic mass is 10.1. The molecule has 5 rings (SSSR count). The number of aromatic nitrogens is 1. The van der Waals surface area contributed by atoms with Crippen LogP contribution in [0.2, 0.25) is 5.02 Å². The normalized spacial score (nSPS) is 17.0. The molecule has 1 fully saturated rings. The van der Waals surface area contributed by atoms with Crippen molar-refractivity contribution < 1.29 is 13.2 Å². The second kappa shape index (κ2) is 8.54. The van der Waals surface area contributed by atoms with E-state index in [4.69, 9.17) is 16.3 Å². The van der Waals surface area contributed by atoms with E-state index in [0.29, 0.717) is 30.3 Å². The number of pyridine rings is 1. The zero-order valence-corrected chi connectivity index (χ0v) is 18.8. The minimum atomic E-state index is -3.63. The van der Waals surface area contributed by atoms with Gasteiger partial charge in [0, 0.05) is 23.2 Å². The van der Waals surface area contributed by atoms with Crippen LogP contribution in [0.4, 0.5) is 0 Å². The summed E-state index contributed by atoms with van der Waals surface area (Å²) >= 11 is 5.97. The van der Waals surface area contributed by atoms with E-state index in [9.17, 15) is 8.42 Å². The molecule has 0 amide bonds. The van der Waals surface area contributed by atoms with Gasteiger partial charge in [-0.15, -0.1) is 0 Å². The second-order valence-corrected chi connectivity index (χ2v) is 10.1. The van der Waals surface area contributed by atoms with Crippen molar-refractivity contribution >= 4 is 32.5 Å². The van der Waals surface area contributed by atoms with Gasteiger partial charge in [0.25, 0.3) is 0 Å². The van der Waals surface area contributed by atoms with E-state index in [1.165, 1.54) is 4.31 Å². The van der Waals surface area contributed by atoms with Crippen molar-refractivity contribution in [2.45, 2.75) is 17.4 Å². The van der Waals surface area contributed by atoms with E-state index in [1.807, 2.05) is 48.5 Å². The molecule has 0 aliphatic carbocycles. The average Bonchev–Trinajstić information content (AvgIpc) is 3.29. The molecule has 0 saturated carbocycles. The van der Waals surface area contributed by atoms with E-state index >= 15 is 0 Å². The highest BCUT2D eigenvalue weighted by molar-refractivity contribution is 7.89. The largest absolute Gasteiger partial charge is 0.487 e. The third kappa shape index (κ3) is 4.09. The zero-order valence-electron chi connectivity index (χ0n) is 17.2. The minimum absolute atomic E-state index is 0.225. The van der Waals surface area contributed by atoms with E-state index in [-0.39, 0.29) is 11.0 Å². The number of halogens is 1. The summed E-state index contributed by atoms with van der Waals surface area (Å²) in [7, 11) is -3.63. The molecule has 1 unspecified atom stereocenters. The van der Waals surface area contributed by atoms with Crippen LogP contribution in [0.3, 0.4) is 0 Å². The number of nitrogens with zero attached hydrogens (tertiary/aromatic N) is 2. The summed E-state index contributed by atoms with van der Waals surface area (Å²) in [6.07, 6.45) is 2.13. The number of hydrogen-bond donors (Lipinski definition) is 0. The Morgan fingerprint density at radius 3 is 2.56 bits per heavy atom. The predicted molar refractivity (Wildman–Crippen MR) is 126 cm³/mol. The van der Waals surface area contributed by atoms with Crippen LogP contribution in [0.15, 0.2) is 90.0 Å². The molecule has 1 saturated heterocycles. The molecule has 1 aliphatic heterocycles. The number of benzene rings is 3. The van der Waals surface area contributed by atoms with Crippen LogP contribution >= 0.6 is 11.6 Å². The standard InChI is InChI=1S/C25H21ClN2O3S/c26-21-11-9-18(10-12-21)20-5-1-7-23(16-20)32(29,30)28-15-13-22(17-28)31-24-8-2-4-19-6-3-14-27-25(19)24/h1-12,14,16,22H,13,15,17H2. The maximum Gasteiger partial charge on any atom is 0.243 e. The molecule has 32 heavy (non-hydrogen) atoms. The lowest BCUT2D eigenvalue weighted by molar-refractivity contribution is 0.218. The fraction of sp³-hybridized carbons (Fsp3) is 0.160. The van der Waals surface area contributed by atoms with Gasteiger partial charge in [-0.3, -0.25) is 4.98 Å². The molecule has 1 aromatic heterocycles. The van der Waals surface area contributed by atoms with Gasteiger partial charge in [0.15, 0.2) is 0 Å². The van der Waals surface area contributed by atoms with Crippen molar-refractivity contribution in [3.05, 3.63) is 90.1 Å². The summed E-state index contributed by atoms with van der Waals surface area (Å²) in [4.78, 5) is 4.69. The first-order chi connectivity index (χ1) is 15.5. The fourth-order valence-electron chi connectivity index (χ4n) is 3.99. The Morgan fingerprint density at radius 2 is 1.72 bits per heavy atom. The van der Waals surface area contributed by atoms with Crippen LogP contribution in [0.5, 0.6) is 5.75 Å². The monoisotopic (exact) mass is 464 g/mol. The first-order valence-electron chi connectivity index (χ1n) is 10.4. The van der Waals surface area contributed by atoms with Gasteiger partial charge in [0.2, 0.25) is 10.0 Å². The summed E-state index contributed by atoms with van der Waals surface area (Å²) in [5.41, 5.74) is 2.53. The van der Waals surface area contributed by atoms with Crippen molar-refractivity contribution in [3.8, 4) is 16.9 Å². The Bertz CT molecular complexity index is 1370. The van der Waals surface area contributed by atoms with Crippen molar-refractivity contribution in [3.63, 3.8) is 0 Å². The van der Waals surface area contributed by atoms with Gasteiger partial charge in [-0.1, -0.05) is 54.1 Å². The topological polar surface area (TPSA) is 59.5 Å². The molecule has 0 spiro atoms. The SMILES string of the molecule is O=S(=O)(c1cccc(-c2ccc(Cl)cc2)c1)N1CCC(Oc2cccc3cccnc23)C1. The van der Waals surface area contributed by atoms with Gasteiger partial charge >= 0.3 is 0 Å². The van der Waals surface area contributed by atoms with Gasteiger partial charge in [0.1, 0.15) is 17.4 Å². The molecular formula is C25H21ClN2O3S. The van der Waals surface area contributed by atoms with E-state index in [0.717, 1.165) is 22.0 Å². The third-order valence-electron chi connectivity index (χ3n) is 5.65. The maximum absolute atomic E-state index is 13.3. The number of hydrogen-bond acceptors (Lipinski definition) is 4. The van der Waals surface area contributed by atoms with Crippen LogP contribution in [0.25, 0.3) is 22.0 Å². The Kier molecular flexibility index (Phi) is 5.59. The summed E-state index contributed by atoms with van der Waals surface area (Å²) in [6, 6.07) is 24.0. The van der Waals surface area contributed by atoms with Crippen LogP contribution in [0, 0.1) is 0 Å². The van der Waals surface area contributed by atoms with Crippen molar-refractivity contribution in [1.29, 1.82) is 0 Å². The fourth-order valence-corrected chi connectivity index (χ4v) is 5.65. The van der Waals surface area contributed by atoms with Crippen molar-refractivity contribution in [2.75, 3.05) is 13.1 Å². The molecule has 5 nitrogen and oxygen atoms in total. The Balaban J connectivity index is 1.35. The molecule has 1 atom stereocenters. The van der Waals surface area contributed by atoms with Crippen molar-refractivity contribution in [1.82, 2.24) is 9.29 Å². The van der Waals surface area contributed by atoms with Crippen molar-refractivity contribution in [2.24, 2.45) is 0 Å². The lowest BCUT2D eigenvalue weighted by Crippen LogP contribution is -2.31. The zero-order chi connectivity index (χ0) is 22.1. The quantitative estimate of drug-likeness (QED) is 0.397. The van der Waals surface area contributed by atoms with Gasteiger partial charge in [0.05, 0.1) is 11.4 Å². The molecule has 0 radical (unpaired) electrons. The van der Waals surface area contributed by atoms with E-state index in [1.54, 1.807) is 36.5 Å². The summed E-state index contributed by atoms with van der Waals surface area (Å²) in [5.74, 6) is 0.678. The van der Waals surface area contributed by atoms with Gasteiger partial charge < -0.3 is 4.74 Å². The molecule has 1 aliphatic rings. The molecule has 3 aromatic carbocycles. The van der Waals surface area contributed by atoms with E-state index in [2.05, 4.69) is 4.98 Å². The Morgan fingerprint density at radius 1 is 0.938 bits per heavy atom. The summed E-state index contributed by atoms with van der Waals surface area (Å²) < 4.78 is 34.3. The third-order valence-corrected chi connectivity index (χ3v) is 7.76. The molecule has 162 valence electrons. The number of sulfonamides is 1. The smallest absolute Gasteiger partial charge is 0.243 e. The minimum Gasteiger partial charge on any atom is -0.487 e. The highest BCUT2D eigenvalue weighted by Gasteiger charge is 2.34. The highest BCUT2D eigenvalue weighted by atomic mass is 35.5. The average molecular weight is 465 g/mol. The van der Waals surface area contributed by atoms with Crippen LogP contribution < -0.4 is 4.74 Å². The van der Waals surface area contributed by atoms with Crippen LogP contribution in [-0.4, -0.2) is 36.9 Å². The Hall–Kier alpha value is -2.93. The Labute approximate surface area is 192 Å². The van der Waals surface area contributed by atoms with Gasteiger partial charge in [-0.25, -0.2) is 8.42 Å². The molecule has 0 N–H and O–H groups in total. The summed E-state index contributed by atoms with van der Waals surface area (Å²) in [5, 5.41) is 1.63. The molecule has 0 bridgehead atoms. The lowest BCUT2D eigenvalue weighted by Gasteiger charge is -2.18. The van der Waals surface area contributed by atoms with Gasteiger partial charge in [-0.05, 0) is 53.9 Å². The van der Waals surface area contributed by atoms with E-state index < -0.39 is 10.0 Å². The molecule has 2 heterocycles. The predicted octanol–water partition coefficient (Wildman–Crippen LogP) is 5.40. The number of para-hydroxylation sites is 1. The number of ether oxygens (including phenoxy) is 1. The maximum atomic E-state index is 13.3. The first kappa shape index (κ1) is 20.9. The first-order valence-corrected chi connectivity index (χ1v) is 12.2. The number of rotatable bonds is 5. The molecule has 4 aromatic rings. The summed E-state index contributed by atoms with van der Waals surface area (Å²) in [6.45, 7) is 0.715. The molecule has 7 heteroatoms. The second-order valence-electron chi connectivity index (χ2n) is 7.76. The van der Waals surface area contributed by atoms with Crippen LogP contribution in [-0.2, 0) is 10.0 Å². The molecular weight excluding hydrogens is 444 g/mol. The highest BCUT2D eigenvalue weighted by Crippen LogP contribution is 2.30. The van der Waals surface area contributed by atoms with Gasteiger partial charge in [-0.2, -0.15) is 4.31 Å².